The minimum atomic E-state index is 0.716. The molecule has 0 aliphatic heterocycles. The van der Waals surface area contributed by atoms with Gasteiger partial charge in [-0.15, -0.1) is 0 Å². The van der Waals surface area contributed by atoms with E-state index in [1.54, 1.807) is 6.20 Å². The van der Waals surface area contributed by atoms with Gasteiger partial charge in [0.2, 0.25) is 0 Å². The Balaban J connectivity index is 1.53. The van der Waals surface area contributed by atoms with E-state index in [4.69, 9.17) is 0 Å². The van der Waals surface area contributed by atoms with E-state index >= 15 is 0 Å². The molecule has 0 saturated carbocycles. The maximum Gasteiger partial charge on any atom is 0.159 e. The lowest BCUT2D eigenvalue weighted by atomic mass is 10.2. The lowest BCUT2D eigenvalue weighted by Gasteiger charge is -2.01. The molecule has 0 atom stereocenters. The van der Waals surface area contributed by atoms with Crippen molar-refractivity contribution in [3.8, 4) is 22.6 Å². The van der Waals surface area contributed by atoms with Crippen LogP contribution in [0.5, 0.6) is 0 Å². The highest BCUT2D eigenvalue weighted by Gasteiger charge is 2.05. The highest BCUT2D eigenvalue weighted by Crippen LogP contribution is 2.19. The second-order valence-corrected chi connectivity index (χ2v) is 5.59. The quantitative estimate of drug-likeness (QED) is 0.592. The van der Waals surface area contributed by atoms with Crippen molar-refractivity contribution in [3.05, 3.63) is 90.6 Å². The standard InChI is InChI=1S/C21H16N4/c1-3-7-16(8-4-1)11-12-20-22-15-19(25-20)18-13-23-21(24-14-18)17-9-5-2-6-10-17/h1-15H,(H,22,25)/b12-11+. The highest BCUT2D eigenvalue weighted by molar-refractivity contribution is 5.68. The number of hydrogen-bond donors (Lipinski definition) is 1. The Morgan fingerprint density at radius 2 is 1.32 bits per heavy atom. The van der Waals surface area contributed by atoms with Gasteiger partial charge >= 0.3 is 0 Å². The fourth-order valence-electron chi connectivity index (χ4n) is 2.51. The predicted octanol–water partition coefficient (Wildman–Crippen LogP) is 4.70. The molecule has 4 heteroatoms. The zero-order valence-electron chi connectivity index (χ0n) is 13.5. The first-order chi connectivity index (χ1) is 12.4. The molecule has 2 heterocycles. The van der Waals surface area contributed by atoms with Crippen LogP contribution in [-0.4, -0.2) is 19.9 Å². The maximum absolute atomic E-state index is 4.45. The highest BCUT2D eigenvalue weighted by atomic mass is 14.9. The van der Waals surface area contributed by atoms with E-state index in [1.165, 1.54) is 0 Å². The van der Waals surface area contributed by atoms with Crippen LogP contribution >= 0.6 is 0 Å². The molecule has 4 rings (SSSR count). The van der Waals surface area contributed by atoms with Gasteiger partial charge in [-0.05, 0) is 11.6 Å². The van der Waals surface area contributed by atoms with Crippen LogP contribution < -0.4 is 0 Å². The molecular formula is C21H16N4. The lowest BCUT2D eigenvalue weighted by Crippen LogP contribution is -1.89. The van der Waals surface area contributed by atoms with Crippen LogP contribution in [-0.2, 0) is 0 Å². The van der Waals surface area contributed by atoms with Crippen molar-refractivity contribution < 1.29 is 0 Å². The summed E-state index contributed by atoms with van der Waals surface area (Å²) in [5, 5.41) is 0. The Labute approximate surface area is 146 Å². The van der Waals surface area contributed by atoms with Crippen molar-refractivity contribution in [2.24, 2.45) is 0 Å². The van der Waals surface area contributed by atoms with E-state index < -0.39 is 0 Å². The minimum Gasteiger partial charge on any atom is -0.338 e. The van der Waals surface area contributed by atoms with E-state index in [1.807, 2.05) is 73.1 Å². The zero-order chi connectivity index (χ0) is 16.9. The molecule has 0 fully saturated rings. The summed E-state index contributed by atoms with van der Waals surface area (Å²) in [6.07, 6.45) is 9.41. The smallest absolute Gasteiger partial charge is 0.159 e. The van der Waals surface area contributed by atoms with E-state index in [9.17, 15) is 0 Å². The normalized spacial score (nSPS) is 11.0. The SMILES string of the molecule is C(=C\c1ncc(-c2cnc(-c3ccccc3)nc2)[nH]1)/c1ccccc1. The molecule has 0 aliphatic carbocycles. The van der Waals surface area contributed by atoms with Gasteiger partial charge in [0.1, 0.15) is 5.82 Å². The van der Waals surface area contributed by atoms with Gasteiger partial charge in [-0.3, -0.25) is 0 Å². The Kier molecular flexibility index (Phi) is 4.16. The number of aromatic nitrogens is 4. The second kappa shape index (κ2) is 6.93. The lowest BCUT2D eigenvalue weighted by molar-refractivity contribution is 1.17. The third-order valence-corrected chi connectivity index (χ3v) is 3.82. The molecule has 0 radical (unpaired) electrons. The Bertz CT molecular complexity index is 971. The summed E-state index contributed by atoms with van der Waals surface area (Å²) in [4.78, 5) is 16.6. The summed E-state index contributed by atoms with van der Waals surface area (Å²) in [5.41, 5.74) is 3.94. The molecule has 2 aromatic heterocycles. The summed E-state index contributed by atoms with van der Waals surface area (Å²) in [6.45, 7) is 0. The van der Waals surface area contributed by atoms with E-state index in [0.717, 1.165) is 28.2 Å². The average Bonchev–Trinajstić information content (AvgIpc) is 3.17. The number of imidazole rings is 1. The molecule has 0 aliphatic rings. The third-order valence-electron chi connectivity index (χ3n) is 3.82. The van der Waals surface area contributed by atoms with Crippen molar-refractivity contribution in [3.63, 3.8) is 0 Å². The number of hydrogen-bond acceptors (Lipinski definition) is 3. The topological polar surface area (TPSA) is 54.5 Å². The first-order valence-corrected chi connectivity index (χ1v) is 8.04. The van der Waals surface area contributed by atoms with Gasteiger partial charge in [-0.2, -0.15) is 0 Å². The van der Waals surface area contributed by atoms with Gasteiger partial charge in [0.05, 0.1) is 11.9 Å². The number of H-pyrrole nitrogens is 1. The minimum absolute atomic E-state index is 0.716. The van der Waals surface area contributed by atoms with Crippen molar-refractivity contribution in [1.82, 2.24) is 19.9 Å². The summed E-state index contributed by atoms with van der Waals surface area (Å²) in [5.74, 6) is 1.51. The molecule has 0 bridgehead atoms. The summed E-state index contributed by atoms with van der Waals surface area (Å²) in [7, 11) is 0. The molecule has 4 nitrogen and oxygen atoms in total. The number of nitrogens with one attached hydrogen (secondary N) is 1. The fraction of sp³-hybridized carbons (Fsp3) is 0. The van der Waals surface area contributed by atoms with Crippen molar-refractivity contribution in [2.75, 3.05) is 0 Å². The van der Waals surface area contributed by atoms with Gasteiger partial charge < -0.3 is 4.98 Å². The first kappa shape index (κ1) is 15.0. The Morgan fingerprint density at radius 1 is 0.640 bits per heavy atom. The number of aromatic amines is 1. The van der Waals surface area contributed by atoms with Crippen LogP contribution in [0, 0.1) is 0 Å². The van der Waals surface area contributed by atoms with Gasteiger partial charge in [0.15, 0.2) is 5.82 Å². The van der Waals surface area contributed by atoms with Crippen LogP contribution in [0.4, 0.5) is 0 Å². The van der Waals surface area contributed by atoms with Crippen LogP contribution in [0.1, 0.15) is 11.4 Å². The molecule has 0 spiro atoms. The molecule has 2 aromatic carbocycles. The fourth-order valence-corrected chi connectivity index (χ4v) is 2.51. The summed E-state index contributed by atoms with van der Waals surface area (Å²) in [6, 6.07) is 20.1. The van der Waals surface area contributed by atoms with Crippen LogP contribution in [0.15, 0.2) is 79.3 Å². The van der Waals surface area contributed by atoms with Crippen LogP contribution in [0.25, 0.3) is 34.8 Å². The molecule has 0 amide bonds. The summed E-state index contributed by atoms with van der Waals surface area (Å²) < 4.78 is 0. The van der Waals surface area contributed by atoms with Gasteiger partial charge in [0, 0.05) is 23.5 Å². The average molecular weight is 324 g/mol. The third kappa shape index (κ3) is 3.53. The van der Waals surface area contributed by atoms with Gasteiger partial charge in [0.25, 0.3) is 0 Å². The largest absolute Gasteiger partial charge is 0.338 e. The molecule has 25 heavy (non-hydrogen) atoms. The van der Waals surface area contributed by atoms with E-state index in [2.05, 4.69) is 32.1 Å². The summed E-state index contributed by atoms with van der Waals surface area (Å²) >= 11 is 0. The molecule has 120 valence electrons. The van der Waals surface area contributed by atoms with Gasteiger partial charge in [-0.1, -0.05) is 66.7 Å². The molecular weight excluding hydrogens is 308 g/mol. The van der Waals surface area contributed by atoms with E-state index in [0.29, 0.717) is 5.82 Å². The second-order valence-electron chi connectivity index (χ2n) is 5.59. The molecule has 4 aromatic rings. The maximum atomic E-state index is 4.45. The zero-order valence-corrected chi connectivity index (χ0v) is 13.5. The monoisotopic (exact) mass is 324 g/mol. The van der Waals surface area contributed by atoms with Crippen LogP contribution in [0.2, 0.25) is 0 Å². The first-order valence-electron chi connectivity index (χ1n) is 8.04. The Hall–Kier alpha value is -3.53. The number of nitrogens with zero attached hydrogens (tertiary/aromatic N) is 3. The molecule has 0 unspecified atom stereocenters. The van der Waals surface area contributed by atoms with Crippen molar-refractivity contribution >= 4 is 12.2 Å². The van der Waals surface area contributed by atoms with E-state index in [-0.39, 0.29) is 0 Å². The number of benzene rings is 2. The Morgan fingerprint density at radius 3 is 2.04 bits per heavy atom. The van der Waals surface area contributed by atoms with Gasteiger partial charge in [-0.25, -0.2) is 15.0 Å². The molecule has 1 N–H and O–H groups in total. The predicted molar refractivity (Wildman–Crippen MR) is 100 cm³/mol. The number of rotatable bonds is 4. The van der Waals surface area contributed by atoms with Crippen molar-refractivity contribution in [2.45, 2.75) is 0 Å². The van der Waals surface area contributed by atoms with Crippen LogP contribution in [0.3, 0.4) is 0 Å². The molecule has 0 saturated heterocycles. The van der Waals surface area contributed by atoms with Crippen molar-refractivity contribution in [1.29, 1.82) is 0 Å².